The lowest BCUT2D eigenvalue weighted by Crippen LogP contribution is -2.53. The maximum Gasteiger partial charge on any atom is 0.243 e. The lowest BCUT2D eigenvalue weighted by atomic mass is 9.50. The van der Waals surface area contributed by atoms with Crippen LogP contribution >= 0.6 is 0 Å². The predicted octanol–water partition coefficient (Wildman–Crippen LogP) is 3.58. The second kappa shape index (κ2) is 4.40. The molecule has 4 saturated carbocycles. The van der Waals surface area contributed by atoms with Crippen LogP contribution in [0.3, 0.4) is 0 Å². The highest BCUT2D eigenvalue weighted by atomic mass is 32.2. The summed E-state index contributed by atoms with van der Waals surface area (Å²) in [6, 6.07) is 7.55. The van der Waals surface area contributed by atoms with Crippen LogP contribution in [0.15, 0.2) is 29.2 Å². The van der Waals surface area contributed by atoms with Gasteiger partial charge in [0.1, 0.15) is 0 Å². The molecule has 4 bridgehead atoms. The molecule has 6 rings (SSSR count). The van der Waals surface area contributed by atoms with Crippen LogP contribution in [0.1, 0.15) is 44.6 Å². The Morgan fingerprint density at radius 3 is 2.00 bits per heavy atom. The molecule has 1 aliphatic heterocycles. The van der Waals surface area contributed by atoms with Crippen molar-refractivity contribution in [1.29, 1.82) is 0 Å². The average Bonchev–Trinajstić information content (AvgIpc) is 3.12. The molecule has 5 aliphatic rings. The molecule has 1 aromatic carbocycles. The molecule has 23 heavy (non-hydrogen) atoms. The zero-order valence-corrected chi connectivity index (χ0v) is 14.7. The van der Waals surface area contributed by atoms with Crippen LogP contribution in [0.5, 0.6) is 0 Å². The Hall–Kier alpha value is -0.870. The fourth-order valence-electron chi connectivity index (χ4n) is 6.66. The largest absolute Gasteiger partial charge is 0.243 e. The van der Waals surface area contributed by atoms with Crippen molar-refractivity contribution in [3.63, 3.8) is 0 Å². The van der Waals surface area contributed by atoms with Crippen molar-refractivity contribution in [3.05, 3.63) is 29.8 Å². The van der Waals surface area contributed by atoms with Gasteiger partial charge in [-0.3, -0.25) is 0 Å². The second-order valence-corrected chi connectivity index (χ2v) is 10.3. The molecule has 4 aliphatic carbocycles. The van der Waals surface area contributed by atoms with Crippen LogP contribution < -0.4 is 0 Å². The summed E-state index contributed by atoms with van der Waals surface area (Å²) < 4.78 is 28.4. The Morgan fingerprint density at radius 1 is 0.957 bits per heavy atom. The first-order chi connectivity index (χ1) is 10.9. The molecule has 0 aromatic heterocycles. The van der Waals surface area contributed by atoms with Crippen LogP contribution in [0.25, 0.3) is 0 Å². The van der Waals surface area contributed by atoms with Crippen LogP contribution in [0.4, 0.5) is 0 Å². The zero-order chi connectivity index (χ0) is 16.0. The topological polar surface area (TPSA) is 37.1 Å². The zero-order valence-electron chi connectivity index (χ0n) is 13.9. The molecule has 124 valence electrons. The SMILES string of the molecule is Cc1ccc(S(=O)(=O)N2C(C)C23C2CC4CC(C2)CC3C4)cc1. The van der Waals surface area contributed by atoms with Gasteiger partial charge in [0, 0.05) is 6.04 Å². The number of hydrogen-bond donors (Lipinski definition) is 0. The Balaban J connectivity index is 1.54. The van der Waals surface area contributed by atoms with E-state index in [0.29, 0.717) is 16.7 Å². The molecule has 1 spiro atoms. The molecule has 1 heterocycles. The van der Waals surface area contributed by atoms with Gasteiger partial charge in [-0.2, -0.15) is 4.31 Å². The number of nitrogens with zero attached hydrogens (tertiary/aromatic N) is 1. The van der Waals surface area contributed by atoms with Crippen molar-refractivity contribution in [3.8, 4) is 0 Å². The van der Waals surface area contributed by atoms with E-state index in [4.69, 9.17) is 0 Å². The van der Waals surface area contributed by atoms with Gasteiger partial charge in [0.15, 0.2) is 0 Å². The van der Waals surface area contributed by atoms with Crippen molar-refractivity contribution in [2.45, 2.75) is 62.4 Å². The van der Waals surface area contributed by atoms with Crippen molar-refractivity contribution < 1.29 is 8.42 Å². The summed E-state index contributed by atoms with van der Waals surface area (Å²) in [5.74, 6) is 2.96. The van der Waals surface area contributed by atoms with Gasteiger partial charge in [0.25, 0.3) is 0 Å². The van der Waals surface area contributed by atoms with E-state index in [-0.39, 0.29) is 11.6 Å². The summed E-state index contributed by atoms with van der Waals surface area (Å²) in [6.07, 6.45) is 6.45. The standard InChI is InChI=1S/C19H25NO2S/c1-12-3-5-18(6-4-12)23(21,22)20-13(2)19(20)16-8-14-7-15(10-16)11-17(19)9-14/h3-6,13-17H,7-11H2,1-2H3. The van der Waals surface area contributed by atoms with Gasteiger partial charge in [0.05, 0.1) is 10.4 Å². The molecule has 1 aromatic rings. The molecule has 2 unspecified atom stereocenters. The van der Waals surface area contributed by atoms with E-state index in [1.165, 1.54) is 32.1 Å². The summed E-state index contributed by atoms with van der Waals surface area (Å²) >= 11 is 0. The van der Waals surface area contributed by atoms with Gasteiger partial charge >= 0.3 is 0 Å². The van der Waals surface area contributed by atoms with Crippen LogP contribution in [0, 0.1) is 30.6 Å². The minimum atomic E-state index is -3.35. The smallest absolute Gasteiger partial charge is 0.207 e. The van der Waals surface area contributed by atoms with E-state index >= 15 is 0 Å². The molecular weight excluding hydrogens is 306 g/mol. The van der Waals surface area contributed by atoms with E-state index in [9.17, 15) is 8.42 Å². The minimum absolute atomic E-state index is 0.0445. The van der Waals surface area contributed by atoms with Gasteiger partial charge in [-0.05, 0) is 81.8 Å². The molecule has 4 heteroatoms. The van der Waals surface area contributed by atoms with E-state index < -0.39 is 10.0 Å². The molecule has 0 radical (unpaired) electrons. The van der Waals surface area contributed by atoms with Crippen molar-refractivity contribution in [1.82, 2.24) is 4.31 Å². The third-order valence-electron chi connectivity index (χ3n) is 7.36. The highest BCUT2D eigenvalue weighted by Crippen LogP contribution is 2.69. The van der Waals surface area contributed by atoms with Gasteiger partial charge in [-0.1, -0.05) is 17.7 Å². The van der Waals surface area contributed by atoms with E-state index in [1.54, 1.807) is 12.1 Å². The molecule has 0 N–H and O–H groups in total. The number of hydrogen-bond acceptors (Lipinski definition) is 2. The normalized spacial score (nSPS) is 47.2. The summed E-state index contributed by atoms with van der Waals surface area (Å²) in [5, 5.41) is 0. The fourth-order valence-corrected chi connectivity index (χ4v) is 8.77. The lowest BCUT2D eigenvalue weighted by molar-refractivity contribution is -0.0272. The van der Waals surface area contributed by atoms with Gasteiger partial charge < -0.3 is 0 Å². The highest BCUT2D eigenvalue weighted by molar-refractivity contribution is 7.89. The van der Waals surface area contributed by atoms with Gasteiger partial charge in [0.2, 0.25) is 10.0 Å². The first kappa shape index (κ1) is 14.5. The lowest BCUT2D eigenvalue weighted by Gasteiger charge is -2.55. The summed E-state index contributed by atoms with van der Waals surface area (Å²) in [5.41, 5.74) is 1.06. The molecular formula is C19H25NO2S. The Kier molecular flexibility index (Phi) is 2.77. The quantitative estimate of drug-likeness (QED) is 0.777. The Labute approximate surface area is 139 Å². The second-order valence-electron chi connectivity index (χ2n) is 8.48. The third-order valence-corrected chi connectivity index (χ3v) is 9.38. The van der Waals surface area contributed by atoms with Gasteiger partial charge in [-0.15, -0.1) is 0 Å². The molecule has 5 fully saturated rings. The van der Waals surface area contributed by atoms with Crippen molar-refractivity contribution in [2.75, 3.05) is 0 Å². The molecule has 3 nitrogen and oxygen atoms in total. The number of benzene rings is 1. The van der Waals surface area contributed by atoms with Crippen LogP contribution in [-0.2, 0) is 10.0 Å². The monoisotopic (exact) mass is 331 g/mol. The molecule has 1 saturated heterocycles. The summed E-state index contributed by atoms with van der Waals surface area (Å²) in [6.45, 7) is 4.14. The van der Waals surface area contributed by atoms with E-state index in [0.717, 1.165) is 17.4 Å². The molecule has 0 amide bonds. The van der Waals surface area contributed by atoms with Gasteiger partial charge in [-0.25, -0.2) is 8.42 Å². The minimum Gasteiger partial charge on any atom is -0.207 e. The van der Waals surface area contributed by atoms with Crippen LogP contribution in [-0.4, -0.2) is 24.3 Å². The number of aryl methyl sites for hydroxylation is 1. The Morgan fingerprint density at radius 2 is 1.48 bits per heavy atom. The van der Waals surface area contributed by atoms with E-state index in [1.807, 2.05) is 23.4 Å². The first-order valence-corrected chi connectivity index (χ1v) is 10.5. The van der Waals surface area contributed by atoms with Crippen LogP contribution in [0.2, 0.25) is 0 Å². The third kappa shape index (κ3) is 1.72. The highest BCUT2D eigenvalue weighted by Gasteiger charge is 2.76. The predicted molar refractivity (Wildman–Crippen MR) is 89.4 cm³/mol. The maximum atomic E-state index is 13.2. The fraction of sp³-hybridized carbons (Fsp3) is 0.684. The number of rotatable bonds is 2. The maximum absolute atomic E-state index is 13.2. The average molecular weight is 331 g/mol. The van der Waals surface area contributed by atoms with Crippen molar-refractivity contribution in [2.24, 2.45) is 23.7 Å². The molecule has 2 atom stereocenters. The first-order valence-electron chi connectivity index (χ1n) is 9.05. The Bertz CT molecular complexity index is 724. The summed E-state index contributed by atoms with van der Waals surface area (Å²) in [7, 11) is -3.35. The number of sulfonamides is 1. The summed E-state index contributed by atoms with van der Waals surface area (Å²) in [4.78, 5) is 0.473. The van der Waals surface area contributed by atoms with E-state index in [2.05, 4.69) is 6.92 Å². The van der Waals surface area contributed by atoms with Crippen molar-refractivity contribution >= 4 is 10.0 Å².